The van der Waals surface area contributed by atoms with Gasteiger partial charge in [-0.1, -0.05) is 12.1 Å². The predicted octanol–water partition coefficient (Wildman–Crippen LogP) is 8.66. The van der Waals surface area contributed by atoms with Gasteiger partial charge >= 0.3 is 0 Å². The van der Waals surface area contributed by atoms with Crippen LogP contribution in [0, 0.1) is 0 Å². The first-order chi connectivity index (χ1) is 37.5. The van der Waals surface area contributed by atoms with E-state index in [-0.39, 0.29) is 21.0 Å². The minimum Gasteiger partial charge on any atom is -0.493 e. The lowest BCUT2D eigenvalue weighted by atomic mass is 10.1. The van der Waals surface area contributed by atoms with Crippen molar-refractivity contribution < 1.29 is 72.2 Å². The number of benzene rings is 4. The van der Waals surface area contributed by atoms with E-state index in [1.165, 1.54) is 6.26 Å². The van der Waals surface area contributed by atoms with E-state index in [4.69, 9.17) is 48.8 Å². The van der Waals surface area contributed by atoms with Crippen LogP contribution in [0.5, 0.6) is 46.0 Å². The molecular formula is C56H90N4O16S5. The van der Waals surface area contributed by atoms with E-state index in [9.17, 15) is 34.3 Å². The Morgan fingerprint density at radius 3 is 1.21 bits per heavy atom. The summed E-state index contributed by atoms with van der Waals surface area (Å²) in [7, 11) is -3.97. The fourth-order valence-electron chi connectivity index (χ4n) is 5.94. The smallest absolute Gasteiger partial charge is 0.161 e. The average molecular weight is 1240 g/mol. The van der Waals surface area contributed by atoms with Crippen molar-refractivity contribution in [3.63, 3.8) is 0 Å². The van der Waals surface area contributed by atoms with Crippen LogP contribution in [0.25, 0.3) is 0 Å². The Labute approximate surface area is 490 Å². The van der Waals surface area contributed by atoms with Gasteiger partial charge in [0.25, 0.3) is 0 Å². The molecule has 0 saturated heterocycles. The standard InChI is InChI=1S/C16H27NO5S2.C14H21NO3S.C12H19NO4S.C10H12O3.C4H11NOS/c1-7-22-15-10-12(8-9-14(15)21-5)13(11-24(6,19)20)17-23(18)16(2,3)4;1-6-18-13-9-11(7-8-12(13)17-5)10-15-19(16)14(2,3)4;1-4-17-12-7-9(5-6-11(12)16-2)10(13)8-18(3,14)15;1-3-13-10-6-8(7-11)4-5-9(10)12-2;1-4(2,3)7(5)6/h8-10,13,17H,7,11H2,1-6H3;7-10H,6H2,1-5H3;5-7,10H,4,8,13H2,1-3H3;4-7H,3H2,1-2H3;5H2,1-3H3/t13-,23?;;10-;;/m1.1../s1. The number of carbonyl (C=O) groups is 1. The number of sulfone groups is 2. The third kappa shape index (κ3) is 30.6. The third-order valence-electron chi connectivity index (χ3n) is 10.1. The molecule has 5 atom stereocenters. The Morgan fingerprint density at radius 2 is 0.877 bits per heavy atom. The van der Waals surface area contributed by atoms with Gasteiger partial charge in [-0.3, -0.25) is 9.93 Å². The fourth-order valence-corrected chi connectivity index (χ4v) is 9.14. The predicted molar refractivity (Wildman–Crippen MR) is 330 cm³/mol. The molecule has 0 spiro atoms. The molecule has 0 aliphatic rings. The number of ether oxygens (including phenoxy) is 8. The van der Waals surface area contributed by atoms with E-state index in [2.05, 4.69) is 9.12 Å². The number of nitrogens with one attached hydrogen (secondary N) is 1. The normalized spacial score (nSPS) is 13.4. The van der Waals surface area contributed by atoms with Crippen LogP contribution in [0.2, 0.25) is 0 Å². The molecular weight excluding hydrogens is 1140 g/mol. The molecule has 81 heavy (non-hydrogen) atoms. The van der Waals surface area contributed by atoms with Gasteiger partial charge in [0.2, 0.25) is 0 Å². The number of carbonyl (C=O) groups excluding carboxylic acids is 1. The molecule has 4 aromatic carbocycles. The number of hydrogen-bond acceptors (Lipinski definition) is 17. The molecule has 0 bridgehead atoms. The zero-order chi connectivity index (χ0) is 62.5. The maximum atomic E-state index is 12.4. The number of rotatable bonds is 23. The highest BCUT2D eigenvalue weighted by Gasteiger charge is 2.27. The van der Waals surface area contributed by atoms with Crippen LogP contribution in [-0.2, 0) is 52.6 Å². The van der Waals surface area contributed by atoms with E-state index in [0.29, 0.717) is 89.1 Å². The van der Waals surface area contributed by atoms with E-state index >= 15 is 0 Å². The molecule has 25 heteroatoms. The summed E-state index contributed by atoms with van der Waals surface area (Å²) in [4.78, 5) is 10.5. The minimum absolute atomic E-state index is 0.0924. The van der Waals surface area contributed by atoms with Crippen molar-refractivity contribution in [1.29, 1.82) is 0 Å². The Hall–Kier alpha value is -5.15. The number of hydrogen-bond donors (Lipinski definition) is 3. The van der Waals surface area contributed by atoms with Crippen molar-refractivity contribution in [1.82, 2.24) is 4.72 Å². The average Bonchev–Trinajstić information content (AvgIpc) is 3.37. The lowest BCUT2D eigenvalue weighted by molar-refractivity contribution is 0.112. The monoisotopic (exact) mass is 1230 g/mol. The molecule has 0 heterocycles. The van der Waals surface area contributed by atoms with Crippen molar-refractivity contribution in [2.24, 2.45) is 15.3 Å². The Balaban J connectivity index is 0.00000103. The van der Waals surface area contributed by atoms with Gasteiger partial charge in [0.1, 0.15) is 36.9 Å². The van der Waals surface area contributed by atoms with Gasteiger partial charge in [-0.05, 0) is 167 Å². The van der Waals surface area contributed by atoms with Gasteiger partial charge in [-0.2, -0.15) is 4.40 Å². The molecule has 3 unspecified atom stereocenters. The second-order valence-corrected chi connectivity index (χ2v) is 30.5. The van der Waals surface area contributed by atoms with Crippen LogP contribution in [0.15, 0.2) is 77.2 Å². The van der Waals surface area contributed by atoms with Gasteiger partial charge in [0.15, 0.2) is 46.0 Å². The molecule has 460 valence electrons. The molecule has 4 rings (SSSR count). The van der Waals surface area contributed by atoms with Gasteiger partial charge < -0.3 is 43.6 Å². The third-order valence-corrected chi connectivity index (χ3v) is 16.2. The van der Waals surface area contributed by atoms with E-state index in [0.717, 1.165) is 18.1 Å². The lowest BCUT2D eigenvalue weighted by Crippen LogP contribution is -2.38. The van der Waals surface area contributed by atoms with Crippen LogP contribution in [-0.4, -0.2) is 135 Å². The first-order valence-electron chi connectivity index (χ1n) is 25.6. The zero-order valence-corrected chi connectivity index (χ0v) is 54.7. The van der Waals surface area contributed by atoms with Crippen LogP contribution < -0.4 is 53.5 Å². The molecule has 0 aliphatic carbocycles. The molecule has 0 aliphatic heterocycles. The molecule has 0 saturated carbocycles. The van der Waals surface area contributed by atoms with E-state index < -0.39 is 69.5 Å². The van der Waals surface area contributed by atoms with Crippen molar-refractivity contribution in [3.8, 4) is 46.0 Å². The molecule has 20 nitrogen and oxygen atoms in total. The van der Waals surface area contributed by atoms with Gasteiger partial charge in [-0.25, -0.2) is 34.2 Å². The van der Waals surface area contributed by atoms with Gasteiger partial charge in [-0.15, -0.1) is 0 Å². The summed E-state index contributed by atoms with van der Waals surface area (Å²) in [6, 6.07) is 19.8. The van der Waals surface area contributed by atoms with Crippen LogP contribution in [0.4, 0.5) is 0 Å². The van der Waals surface area contributed by atoms with Crippen LogP contribution in [0.3, 0.4) is 0 Å². The van der Waals surface area contributed by atoms with E-state index in [1.54, 1.807) is 89.3 Å². The highest BCUT2D eigenvalue weighted by molar-refractivity contribution is 7.91. The van der Waals surface area contributed by atoms with Crippen molar-refractivity contribution in [3.05, 3.63) is 95.1 Å². The maximum absolute atomic E-state index is 12.4. The number of aldehydes is 1. The summed E-state index contributed by atoms with van der Waals surface area (Å²) in [5.74, 6) is 4.61. The summed E-state index contributed by atoms with van der Waals surface area (Å²) in [5.41, 5.74) is 8.68. The Morgan fingerprint density at radius 1 is 0.531 bits per heavy atom. The molecule has 4 aromatic rings. The summed E-state index contributed by atoms with van der Waals surface area (Å²) in [6.45, 7) is 26.2. The Kier molecular flexibility index (Phi) is 34.1. The maximum Gasteiger partial charge on any atom is 0.161 e. The molecule has 0 amide bonds. The molecule has 0 fully saturated rings. The van der Waals surface area contributed by atoms with Crippen LogP contribution in [0.1, 0.15) is 129 Å². The number of nitrogens with two attached hydrogens (primary N) is 2. The van der Waals surface area contributed by atoms with Gasteiger partial charge in [0.05, 0.1) is 109 Å². The van der Waals surface area contributed by atoms with Crippen molar-refractivity contribution >= 4 is 65.1 Å². The second-order valence-electron chi connectivity index (χ2n) is 20.3. The number of methoxy groups -OCH3 is 4. The quantitative estimate of drug-likeness (QED) is 0.0462. The SMILES string of the molecule is CC(C)(C)S(N)=O.CCOc1cc(C=NS(=O)C(C)(C)C)ccc1OC.CCOc1cc(C=O)ccc1OC.CCOc1cc([C@@H](CS(C)(=O)=O)NS(=O)C(C)(C)C)ccc1OC.CCOc1cc([C@H](N)CS(C)(=O)=O)ccc1OC. The van der Waals surface area contributed by atoms with Crippen molar-refractivity contribution in [2.45, 2.75) is 116 Å². The second kappa shape index (κ2) is 36.4. The first kappa shape index (κ1) is 75.8. The summed E-state index contributed by atoms with van der Waals surface area (Å²) < 4.78 is 129. The highest BCUT2D eigenvalue weighted by atomic mass is 32.2. The zero-order valence-electron chi connectivity index (χ0n) is 50.7. The fraction of sp³-hybridized carbons (Fsp3) is 0.536. The highest BCUT2D eigenvalue weighted by Crippen LogP contribution is 2.33. The largest absolute Gasteiger partial charge is 0.493 e. The summed E-state index contributed by atoms with van der Waals surface area (Å²) in [5, 5.41) is 5.04. The molecule has 5 N–H and O–H groups in total. The van der Waals surface area contributed by atoms with E-state index in [1.807, 2.05) is 108 Å². The first-order valence-corrected chi connectivity index (χ1v) is 33.2. The van der Waals surface area contributed by atoms with Crippen molar-refractivity contribution in [2.75, 3.05) is 78.9 Å². The molecule has 0 radical (unpaired) electrons. The lowest BCUT2D eigenvalue weighted by Gasteiger charge is -2.24. The summed E-state index contributed by atoms with van der Waals surface area (Å²) >= 11 is 0. The summed E-state index contributed by atoms with van der Waals surface area (Å²) in [6.07, 6.45) is 4.71. The number of nitrogens with zero attached hydrogens (tertiary/aromatic N) is 1. The topological polar surface area (TPSA) is 287 Å². The van der Waals surface area contributed by atoms with Crippen LogP contribution >= 0.6 is 0 Å². The Bertz CT molecular complexity index is 2880. The van der Waals surface area contributed by atoms with Gasteiger partial charge in [0, 0.05) is 30.3 Å². The molecule has 0 aromatic heterocycles. The minimum atomic E-state index is -3.27.